The summed E-state index contributed by atoms with van der Waals surface area (Å²) < 4.78 is 11.9. The van der Waals surface area contributed by atoms with E-state index in [1.807, 2.05) is 49.1 Å². The van der Waals surface area contributed by atoms with E-state index in [0.717, 1.165) is 52.7 Å². The van der Waals surface area contributed by atoms with Crippen molar-refractivity contribution < 1.29 is 13.9 Å². The Bertz CT molecular complexity index is 1030. The second kappa shape index (κ2) is 8.21. The molecule has 1 atom stereocenters. The van der Waals surface area contributed by atoms with Crippen molar-refractivity contribution in [2.24, 2.45) is 0 Å². The van der Waals surface area contributed by atoms with Crippen molar-refractivity contribution in [3.05, 3.63) is 69.4 Å². The van der Waals surface area contributed by atoms with E-state index in [-0.39, 0.29) is 12.0 Å². The number of hydrogen-bond donors (Lipinski definition) is 0. The van der Waals surface area contributed by atoms with Gasteiger partial charge in [-0.15, -0.1) is 0 Å². The minimum atomic E-state index is -0.0961. The normalized spacial score (nSPS) is 16.5. The van der Waals surface area contributed by atoms with E-state index in [9.17, 15) is 4.79 Å². The molecule has 0 unspecified atom stereocenters. The highest BCUT2D eigenvalue weighted by Crippen LogP contribution is 2.31. The lowest BCUT2D eigenvalue weighted by Gasteiger charge is -2.25. The van der Waals surface area contributed by atoms with E-state index >= 15 is 0 Å². The Morgan fingerprint density at radius 2 is 1.93 bits per heavy atom. The maximum absolute atomic E-state index is 13.5. The van der Waals surface area contributed by atoms with Crippen molar-refractivity contribution in [3.8, 4) is 0 Å². The maximum Gasteiger partial charge on any atom is 0.290 e. The number of amides is 1. The SMILES string of the molecule is Cc1cc(C)c2c(C)c(C(=O)N(Cc3ccc(Cl)cc3)C[C@@H]3CCCO3)oc2c1. The number of aryl methyl sites for hydroxylation is 3. The van der Waals surface area contributed by atoms with Gasteiger partial charge in [0.05, 0.1) is 6.10 Å². The van der Waals surface area contributed by atoms with Gasteiger partial charge in [0.15, 0.2) is 5.76 Å². The first kappa shape index (κ1) is 20.0. The summed E-state index contributed by atoms with van der Waals surface area (Å²) >= 11 is 6.02. The zero-order valence-electron chi connectivity index (χ0n) is 17.1. The molecule has 1 aliphatic heterocycles. The van der Waals surface area contributed by atoms with Crippen LogP contribution in [0, 0.1) is 20.8 Å². The second-order valence-corrected chi connectivity index (χ2v) is 8.39. The van der Waals surface area contributed by atoms with E-state index in [1.165, 1.54) is 0 Å². The van der Waals surface area contributed by atoms with Gasteiger partial charge in [-0.2, -0.15) is 0 Å². The van der Waals surface area contributed by atoms with Crippen LogP contribution in [0.5, 0.6) is 0 Å². The van der Waals surface area contributed by atoms with E-state index in [1.54, 1.807) is 0 Å². The third kappa shape index (κ3) is 4.19. The highest BCUT2D eigenvalue weighted by Gasteiger charge is 2.28. The molecule has 2 heterocycles. The summed E-state index contributed by atoms with van der Waals surface area (Å²) in [5, 5.41) is 1.72. The summed E-state index contributed by atoms with van der Waals surface area (Å²) in [6.07, 6.45) is 2.08. The number of benzene rings is 2. The molecule has 4 rings (SSSR count). The standard InChI is InChI=1S/C24H26ClNO3/c1-15-11-16(2)22-17(3)23(29-21(22)12-15)24(27)26(14-20-5-4-10-28-20)13-18-6-8-19(25)9-7-18/h6-9,11-12,20H,4-5,10,13-14H2,1-3H3/t20-/m0/s1. The van der Waals surface area contributed by atoms with Gasteiger partial charge >= 0.3 is 0 Å². The molecule has 1 aromatic heterocycles. The molecule has 2 aromatic carbocycles. The van der Waals surface area contributed by atoms with Crippen LogP contribution in [0.2, 0.25) is 5.02 Å². The quantitative estimate of drug-likeness (QED) is 0.530. The molecule has 3 aromatic rings. The molecular formula is C24H26ClNO3. The summed E-state index contributed by atoms with van der Waals surface area (Å²) in [6, 6.07) is 11.7. The van der Waals surface area contributed by atoms with Crippen LogP contribution in [-0.2, 0) is 11.3 Å². The van der Waals surface area contributed by atoms with Crippen molar-refractivity contribution in [2.45, 2.75) is 46.3 Å². The Hall–Kier alpha value is -2.30. The highest BCUT2D eigenvalue weighted by atomic mass is 35.5. The van der Waals surface area contributed by atoms with Gasteiger partial charge in [-0.05, 0) is 68.5 Å². The minimum absolute atomic E-state index is 0.0694. The lowest BCUT2D eigenvalue weighted by Crippen LogP contribution is -2.37. The van der Waals surface area contributed by atoms with Gasteiger partial charge in [0.2, 0.25) is 0 Å². The van der Waals surface area contributed by atoms with Gasteiger partial charge in [0, 0.05) is 35.7 Å². The van der Waals surface area contributed by atoms with E-state index in [2.05, 4.69) is 13.0 Å². The number of carbonyl (C=O) groups excluding carboxylic acids is 1. The molecule has 1 aliphatic rings. The fourth-order valence-corrected chi connectivity index (χ4v) is 4.33. The average Bonchev–Trinajstić information content (AvgIpc) is 3.30. The first-order valence-corrected chi connectivity index (χ1v) is 10.5. The molecule has 0 bridgehead atoms. The Balaban J connectivity index is 1.68. The molecule has 29 heavy (non-hydrogen) atoms. The average molecular weight is 412 g/mol. The maximum atomic E-state index is 13.5. The lowest BCUT2D eigenvalue weighted by molar-refractivity contribution is 0.0485. The molecule has 1 fully saturated rings. The predicted octanol–water partition coefficient (Wildman–Crippen LogP) is 5.83. The number of hydrogen-bond acceptors (Lipinski definition) is 3. The van der Waals surface area contributed by atoms with Gasteiger partial charge in [0.1, 0.15) is 5.58 Å². The fraction of sp³-hybridized carbons (Fsp3) is 0.375. The Labute approximate surface area is 176 Å². The van der Waals surface area contributed by atoms with Gasteiger partial charge in [-0.3, -0.25) is 4.79 Å². The Morgan fingerprint density at radius 1 is 1.17 bits per heavy atom. The van der Waals surface area contributed by atoms with Crippen LogP contribution in [0.25, 0.3) is 11.0 Å². The number of carbonyl (C=O) groups is 1. The molecule has 0 radical (unpaired) electrons. The fourth-order valence-electron chi connectivity index (χ4n) is 4.20. The predicted molar refractivity (Wildman–Crippen MR) is 116 cm³/mol. The van der Waals surface area contributed by atoms with Gasteiger partial charge in [0.25, 0.3) is 5.91 Å². The molecule has 152 valence electrons. The topological polar surface area (TPSA) is 42.7 Å². The molecular weight excluding hydrogens is 386 g/mol. The van der Waals surface area contributed by atoms with Gasteiger partial charge in [-0.25, -0.2) is 0 Å². The molecule has 0 spiro atoms. The molecule has 0 aliphatic carbocycles. The van der Waals surface area contributed by atoms with Crippen LogP contribution in [0.1, 0.15) is 45.7 Å². The Kier molecular flexibility index (Phi) is 5.66. The van der Waals surface area contributed by atoms with E-state index in [4.69, 9.17) is 20.8 Å². The van der Waals surface area contributed by atoms with Crippen LogP contribution >= 0.6 is 11.6 Å². The number of rotatable bonds is 5. The van der Waals surface area contributed by atoms with Crippen molar-refractivity contribution in [2.75, 3.05) is 13.2 Å². The monoisotopic (exact) mass is 411 g/mol. The third-order valence-corrected chi connectivity index (χ3v) is 5.84. The van der Waals surface area contributed by atoms with E-state index < -0.39 is 0 Å². The lowest BCUT2D eigenvalue weighted by atomic mass is 10.0. The van der Waals surface area contributed by atoms with Crippen molar-refractivity contribution in [1.82, 2.24) is 4.90 Å². The molecule has 1 amide bonds. The largest absolute Gasteiger partial charge is 0.451 e. The molecule has 0 N–H and O–H groups in total. The minimum Gasteiger partial charge on any atom is -0.451 e. The summed E-state index contributed by atoms with van der Waals surface area (Å²) in [4.78, 5) is 15.4. The van der Waals surface area contributed by atoms with Crippen LogP contribution < -0.4 is 0 Å². The van der Waals surface area contributed by atoms with Crippen LogP contribution in [0.4, 0.5) is 0 Å². The number of nitrogens with zero attached hydrogens (tertiary/aromatic N) is 1. The van der Waals surface area contributed by atoms with Crippen LogP contribution in [-0.4, -0.2) is 30.1 Å². The van der Waals surface area contributed by atoms with E-state index in [0.29, 0.717) is 23.9 Å². The summed E-state index contributed by atoms with van der Waals surface area (Å²) in [6.45, 7) is 7.87. The molecule has 0 saturated carbocycles. The molecule has 4 nitrogen and oxygen atoms in total. The zero-order chi connectivity index (χ0) is 20.5. The summed E-state index contributed by atoms with van der Waals surface area (Å²) in [5.74, 6) is 0.321. The van der Waals surface area contributed by atoms with Crippen molar-refractivity contribution in [1.29, 1.82) is 0 Å². The van der Waals surface area contributed by atoms with Gasteiger partial charge < -0.3 is 14.1 Å². The van der Waals surface area contributed by atoms with Gasteiger partial charge in [-0.1, -0.05) is 29.8 Å². The van der Waals surface area contributed by atoms with Crippen LogP contribution in [0.15, 0.2) is 40.8 Å². The smallest absolute Gasteiger partial charge is 0.290 e. The molecule has 5 heteroatoms. The summed E-state index contributed by atoms with van der Waals surface area (Å²) in [5.41, 5.74) is 4.95. The van der Waals surface area contributed by atoms with Crippen molar-refractivity contribution in [3.63, 3.8) is 0 Å². The third-order valence-electron chi connectivity index (χ3n) is 5.59. The number of furan rings is 1. The second-order valence-electron chi connectivity index (χ2n) is 7.96. The number of halogens is 1. The first-order valence-electron chi connectivity index (χ1n) is 10.1. The van der Waals surface area contributed by atoms with Crippen LogP contribution in [0.3, 0.4) is 0 Å². The van der Waals surface area contributed by atoms with Crippen molar-refractivity contribution >= 4 is 28.5 Å². The summed E-state index contributed by atoms with van der Waals surface area (Å²) in [7, 11) is 0. The number of fused-ring (bicyclic) bond motifs is 1. The molecule has 1 saturated heterocycles. The Morgan fingerprint density at radius 3 is 2.62 bits per heavy atom. The zero-order valence-corrected chi connectivity index (χ0v) is 17.9. The highest BCUT2D eigenvalue weighted by molar-refractivity contribution is 6.30. The number of ether oxygens (including phenoxy) is 1. The first-order chi connectivity index (χ1) is 13.9.